The summed E-state index contributed by atoms with van der Waals surface area (Å²) in [5.74, 6) is -0.213. The van der Waals surface area contributed by atoms with E-state index in [0.717, 1.165) is 35.1 Å². The van der Waals surface area contributed by atoms with E-state index in [9.17, 15) is 18.0 Å². The first-order valence-corrected chi connectivity index (χ1v) is 13.2. The molecule has 34 heavy (non-hydrogen) atoms. The third kappa shape index (κ3) is 3.72. The first-order valence-electron chi connectivity index (χ1n) is 11.7. The highest BCUT2D eigenvalue weighted by atomic mass is 32.2. The monoisotopic (exact) mass is 482 g/mol. The summed E-state index contributed by atoms with van der Waals surface area (Å²) in [7, 11) is -3.60. The molecule has 2 saturated heterocycles. The summed E-state index contributed by atoms with van der Waals surface area (Å²) in [4.78, 5) is 30.0. The minimum Gasteiger partial charge on any atom is -0.319 e. The van der Waals surface area contributed by atoms with E-state index >= 15 is 0 Å². The molecule has 0 saturated carbocycles. The minimum atomic E-state index is -3.60. The number of hydrogen-bond donors (Lipinski definition) is 1. The Morgan fingerprint density at radius 3 is 2.50 bits per heavy atom. The van der Waals surface area contributed by atoms with Gasteiger partial charge in [0, 0.05) is 26.2 Å². The van der Waals surface area contributed by atoms with Crippen molar-refractivity contribution >= 4 is 22.0 Å². The van der Waals surface area contributed by atoms with E-state index in [-0.39, 0.29) is 18.6 Å². The van der Waals surface area contributed by atoms with Crippen LogP contribution in [0.1, 0.15) is 35.1 Å². The maximum atomic E-state index is 13.5. The second-order valence-corrected chi connectivity index (χ2v) is 11.4. The predicted octanol–water partition coefficient (Wildman–Crippen LogP) is 2.35. The number of carbonyl (C=O) groups is 2. The molecule has 3 amide bonds. The number of sulfonamides is 1. The zero-order valence-corrected chi connectivity index (χ0v) is 20.4. The molecule has 2 heterocycles. The largest absolute Gasteiger partial charge is 0.326 e. The van der Waals surface area contributed by atoms with Crippen molar-refractivity contribution in [2.75, 3.05) is 32.8 Å². The van der Waals surface area contributed by atoms with Gasteiger partial charge in [-0.2, -0.15) is 4.31 Å². The second-order valence-electron chi connectivity index (χ2n) is 9.51. The van der Waals surface area contributed by atoms with Crippen LogP contribution in [0.25, 0.3) is 0 Å². The van der Waals surface area contributed by atoms with Gasteiger partial charge in [0.1, 0.15) is 5.54 Å². The van der Waals surface area contributed by atoms with Gasteiger partial charge in [0.25, 0.3) is 5.91 Å². The average molecular weight is 483 g/mol. The lowest BCUT2D eigenvalue weighted by atomic mass is 9.76. The number of fused-ring (bicyclic) bond motifs is 2. The van der Waals surface area contributed by atoms with E-state index in [1.54, 1.807) is 13.0 Å². The van der Waals surface area contributed by atoms with E-state index in [1.807, 2.05) is 48.2 Å². The standard InChI is InChI=1S/C25H30N4O4S/c1-18-9-10-19(2)22(16-18)34(32,33)28-14-12-27(13-15-28)17-29-23(30)25(26-24(29)31)11-5-7-20-6-3-4-8-21(20)25/h3-4,6,8-10,16H,5,7,11-15,17H2,1-2H3,(H,26,31). The van der Waals surface area contributed by atoms with Gasteiger partial charge in [-0.15, -0.1) is 0 Å². The Bertz CT molecular complexity index is 1250. The van der Waals surface area contributed by atoms with Gasteiger partial charge in [-0.05, 0) is 61.4 Å². The van der Waals surface area contributed by atoms with Crippen molar-refractivity contribution in [3.63, 3.8) is 0 Å². The summed E-state index contributed by atoms with van der Waals surface area (Å²) in [6.45, 7) is 5.37. The van der Waals surface area contributed by atoms with Crippen molar-refractivity contribution in [2.45, 2.75) is 43.5 Å². The Kier molecular flexibility index (Phi) is 5.74. The van der Waals surface area contributed by atoms with E-state index in [4.69, 9.17) is 0 Å². The van der Waals surface area contributed by atoms with Crippen molar-refractivity contribution in [3.05, 3.63) is 64.7 Å². The number of rotatable bonds is 4. The maximum absolute atomic E-state index is 13.5. The molecule has 3 aliphatic rings. The Morgan fingerprint density at radius 1 is 1.00 bits per heavy atom. The molecular formula is C25H30N4O4S. The number of carbonyl (C=O) groups excluding carboxylic acids is 2. The fourth-order valence-corrected chi connectivity index (χ4v) is 7.11. The molecule has 1 aliphatic carbocycles. The number of amides is 3. The fourth-order valence-electron chi connectivity index (χ4n) is 5.38. The highest BCUT2D eigenvalue weighted by Crippen LogP contribution is 2.40. The van der Waals surface area contributed by atoms with Crippen LogP contribution in [0.5, 0.6) is 0 Å². The normalized spacial score (nSPS) is 23.9. The molecule has 5 rings (SSSR count). The van der Waals surface area contributed by atoms with Crippen LogP contribution >= 0.6 is 0 Å². The molecule has 180 valence electrons. The van der Waals surface area contributed by atoms with Gasteiger partial charge >= 0.3 is 6.03 Å². The van der Waals surface area contributed by atoms with Crippen molar-refractivity contribution in [1.82, 2.24) is 19.4 Å². The molecule has 8 nitrogen and oxygen atoms in total. The van der Waals surface area contributed by atoms with Crippen LogP contribution in [0.15, 0.2) is 47.4 Å². The topological polar surface area (TPSA) is 90.0 Å². The third-order valence-corrected chi connectivity index (χ3v) is 9.33. The summed E-state index contributed by atoms with van der Waals surface area (Å²) in [5.41, 5.74) is 2.64. The van der Waals surface area contributed by atoms with E-state index in [0.29, 0.717) is 37.5 Å². The first-order chi connectivity index (χ1) is 16.2. The van der Waals surface area contributed by atoms with E-state index in [1.165, 1.54) is 9.21 Å². The quantitative estimate of drug-likeness (QED) is 0.676. The van der Waals surface area contributed by atoms with Crippen molar-refractivity contribution in [2.24, 2.45) is 0 Å². The summed E-state index contributed by atoms with van der Waals surface area (Å²) in [6.07, 6.45) is 2.33. The predicted molar refractivity (Wildman–Crippen MR) is 128 cm³/mol. The first kappa shape index (κ1) is 23.0. The van der Waals surface area contributed by atoms with Crippen molar-refractivity contribution in [1.29, 1.82) is 0 Å². The molecule has 0 bridgehead atoms. The fraction of sp³-hybridized carbons (Fsp3) is 0.440. The number of imide groups is 1. The molecule has 1 atom stereocenters. The number of urea groups is 1. The Hall–Kier alpha value is -2.75. The number of aryl methyl sites for hydroxylation is 3. The van der Waals surface area contributed by atoms with E-state index in [2.05, 4.69) is 5.32 Å². The zero-order chi connectivity index (χ0) is 24.1. The minimum absolute atomic E-state index is 0.159. The Labute approximate surface area is 200 Å². The molecule has 0 radical (unpaired) electrons. The van der Waals surface area contributed by atoms with Gasteiger partial charge in [-0.1, -0.05) is 36.4 Å². The van der Waals surface area contributed by atoms with Gasteiger partial charge in [-0.25, -0.2) is 18.1 Å². The number of nitrogens with zero attached hydrogens (tertiary/aromatic N) is 3. The third-order valence-electron chi connectivity index (χ3n) is 7.28. The number of piperazine rings is 1. The SMILES string of the molecule is Cc1ccc(C)c(S(=O)(=O)N2CCN(CN3C(=O)NC4(CCCc5ccccc54)C3=O)CC2)c1. The van der Waals surface area contributed by atoms with Gasteiger partial charge < -0.3 is 5.32 Å². The zero-order valence-electron chi connectivity index (χ0n) is 19.6. The molecule has 1 spiro atoms. The number of benzene rings is 2. The highest BCUT2D eigenvalue weighted by Gasteiger charge is 2.54. The van der Waals surface area contributed by atoms with Crippen LogP contribution < -0.4 is 5.32 Å². The van der Waals surface area contributed by atoms with Crippen LogP contribution in [0.3, 0.4) is 0 Å². The summed E-state index contributed by atoms with van der Waals surface area (Å²) < 4.78 is 27.9. The molecule has 2 aromatic rings. The summed E-state index contributed by atoms with van der Waals surface area (Å²) in [6, 6.07) is 12.9. The van der Waals surface area contributed by atoms with Crippen molar-refractivity contribution < 1.29 is 18.0 Å². The highest BCUT2D eigenvalue weighted by molar-refractivity contribution is 7.89. The lowest BCUT2D eigenvalue weighted by molar-refractivity contribution is -0.133. The van der Waals surface area contributed by atoms with Crippen LogP contribution in [-0.4, -0.2) is 67.3 Å². The van der Waals surface area contributed by atoms with Crippen LogP contribution in [0.4, 0.5) is 4.79 Å². The van der Waals surface area contributed by atoms with Gasteiger partial charge in [-0.3, -0.25) is 9.69 Å². The summed E-state index contributed by atoms with van der Waals surface area (Å²) >= 11 is 0. The van der Waals surface area contributed by atoms with Crippen LogP contribution in [0.2, 0.25) is 0 Å². The molecule has 2 fully saturated rings. The Morgan fingerprint density at radius 2 is 1.74 bits per heavy atom. The smallest absolute Gasteiger partial charge is 0.319 e. The number of hydrogen-bond acceptors (Lipinski definition) is 5. The van der Waals surface area contributed by atoms with E-state index < -0.39 is 15.6 Å². The second kappa shape index (κ2) is 8.48. The van der Waals surface area contributed by atoms with Crippen LogP contribution in [0, 0.1) is 13.8 Å². The Balaban J connectivity index is 1.28. The lowest BCUT2D eigenvalue weighted by Crippen LogP contribution is -2.53. The van der Waals surface area contributed by atoms with Gasteiger partial charge in [0.15, 0.2) is 0 Å². The molecule has 2 aromatic carbocycles. The molecule has 9 heteroatoms. The lowest BCUT2D eigenvalue weighted by Gasteiger charge is -2.36. The molecular weight excluding hydrogens is 452 g/mol. The molecule has 2 aliphatic heterocycles. The summed E-state index contributed by atoms with van der Waals surface area (Å²) in [5, 5.41) is 2.99. The molecule has 1 unspecified atom stereocenters. The maximum Gasteiger partial charge on any atom is 0.326 e. The van der Waals surface area contributed by atoms with Gasteiger partial charge in [0.2, 0.25) is 10.0 Å². The van der Waals surface area contributed by atoms with Crippen molar-refractivity contribution in [3.8, 4) is 0 Å². The average Bonchev–Trinajstić information content (AvgIpc) is 3.06. The molecule has 0 aromatic heterocycles. The van der Waals surface area contributed by atoms with Gasteiger partial charge in [0.05, 0.1) is 11.6 Å². The number of nitrogens with one attached hydrogen (secondary N) is 1. The molecule has 1 N–H and O–H groups in total. The van der Waals surface area contributed by atoms with Crippen LogP contribution in [-0.2, 0) is 26.8 Å².